The van der Waals surface area contributed by atoms with E-state index in [1.54, 1.807) is 26.0 Å². The van der Waals surface area contributed by atoms with Gasteiger partial charge in [-0.25, -0.2) is 9.82 Å². The van der Waals surface area contributed by atoms with E-state index in [9.17, 15) is 19.3 Å². The summed E-state index contributed by atoms with van der Waals surface area (Å²) < 4.78 is 12.9. The van der Waals surface area contributed by atoms with Crippen LogP contribution in [0.15, 0.2) is 47.6 Å². The van der Waals surface area contributed by atoms with E-state index < -0.39 is 10.8 Å². The molecule has 0 aliphatic carbocycles. The molecule has 0 bridgehead atoms. The minimum Gasteiger partial charge on any atom is -0.267 e. The van der Waals surface area contributed by atoms with Crippen LogP contribution in [0.4, 0.5) is 10.1 Å². The first-order valence-corrected chi connectivity index (χ1v) is 6.74. The number of nitrogens with one attached hydrogen (secondary N) is 1. The van der Waals surface area contributed by atoms with Gasteiger partial charge in [0.05, 0.1) is 10.6 Å². The third-order valence-electron chi connectivity index (χ3n) is 3.24. The summed E-state index contributed by atoms with van der Waals surface area (Å²) in [6.07, 6.45) is 0. The summed E-state index contributed by atoms with van der Waals surface area (Å²) in [5, 5.41) is 14.7. The van der Waals surface area contributed by atoms with Gasteiger partial charge in [-0.05, 0) is 43.7 Å². The van der Waals surface area contributed by atoms with Crippen molar-refractivity contribution in [2.45, 2.75) is 13.8 Å². The Morgan fingerprint density at radius 1 is 1.17 bits per heavy atom. The van der Waals surface area contributed by atoms with Gasteiger partial charge in [-0.3, -0.25) is 14.9 Å². The van der Waals surface area contributed by atoms with Gasteiger partial charge >= 0.3 is 0 Å². The van der Waals surface area contributed by atoms with E-state index in [1.807, 2.05) is 0 Å². The Bertz CT molecular complexity index is 786. The third-order valence-corrected chi connectivity index (χ3v) is 3.24. The zero-order valence-electron chi connectivity index (χ0n) is 12.5. The van der Waals surface area contributed by atoms with Crippen LogP contribution in [-0.2, 0) is 0 Å². The standard InChI is InChI=1S/C16H14FN3O3/c1-10-9-13(5-8-15(10)20(22)23)16(21)19-18-11(2)12-3-6-14(17)7-4-12/h3-9H,1-2H3,(H,19,21)/b18-11+. The maximum Gasteiger partial charge on any atom is 0.272 e. The van der Waals surface area contributed by atoms with Gasteiger partial charge in [0.15, 0.2) is 0 Å². The second-order valence-electron chi connectivity index (χ2n) is 4.90. The first kappa shape index (κ1) is 16.3. The summed E-state index contributed by atoms with van der Waals surface area (Å²) in [4.78, 5) is 22.3. The highest BCUT2D eigenvalue weighted by Gasteiger charge is 2.13. The van der Waals surface area contributed by atoms with Crippen LogP contribution < -0.4 is 5.43 Å². The molecule has 2 rings (SSSR count). The van der Waals surface area contributed by atoms with Crippen LogP contribution in [0.3, 0.4) is 0 Å². The van der Waals surface area contributed by atoms with Crippen LogP contribution in [0.5, 0.6) is 0 Å². The number of nitro groups is 1. The second-order valence-corrected chi connectivity index (χ2v) is 4.90. The number of aryl methyl sites for hydroxylation is 1. The lowest BCUT2D eigenvalue weighted by Crippen LogP contribution is -2.19. The van der Waals surface area contributed by atoms with Crippen molar-refractivity contribution in [3.8, 4) is 0 Å². The molecule has 2 aromatic rings. The lowest BCUT2D eigenvalue weighted by molar-refractivity contribution is -0.385. The van der Waals surface area contributed by atoms with Crippen molar-refractivity contribution >= 4 is 17.3 Å². The van der Waals surface area contributed by atoms with Gasteiger partial charge in [0.2, 0.25) is 0 Å². The van der Waals surface area contributed by atoms with E-state index in [1.165, 1.54) is 30.3 Å². The Balaban J connectivity index is 2.12. The third kappa shape index (κ3) is 3.97. The highest BCUT2D eigenvalue weighted by molar-refractivity contribution is 6.00. The van der Waals surface area contributed by atoms with Gasteiger partial charge in [0, 0.05) is 17.2 Å². The Hall–Kier alpha value is -3.09. The molecule has 0 fully saturated rings. The van der Waals surface area contributed by atoms with Crippen molar-refractivity contribution in [3.05, 3.63) is 75.1 Å². The predicted octanol–water partition coefficient (Wildman–Crippen LogP) is 3.20. The predicted molar refractivity (Wildman–Crippen MR) is 83.9 cm³/mol. The number of nitro benzene ring substituents is 1. The average molecular weight is 315 g/mol. The molecule has 118 valence electrons. The van der Waals surface area contributed by atoms with Crippen LogP contribution in [0.1, 0.15) is 28.4 Å². The molecule has 0 aromatic heterocycles. The molecule has 23 heavy (non-hydrogen) atoms. The SMILES string of the molecule is C/C(=N\NC(=O)c1ccc([N+](=O)[O-])c(C)c1)c1ccc(F)cc1. The summed E-state index contributed by atoms with van der Waals surface area (Å²) in [7, 11) is 0. The number of hydrogen-bond donors (Lipinski definition) is 1. The molecule has 0 heterocycles. The molecule has 0 saturated heterocycles. The second kappa shape index (κ2) is 6.78. The number of amides is 1. The van der Waals surface area contributed by atoms with Gasteiger partial charge in [-0.2, -0.15) is 5.10 Å². The lowest BCUT2D eigenvalue weighted by atomic mass is 10.1. The van der Waals surface area contributed by atoms with Crippen LogP contribution in [0.25, 0.3) is 0 Å². The fraction of sp³-hybridized carbons (Fsp3) is 0.125. The number of hydrogen-bond acceptors (Lipinski definition) is 4. The van der Waals surface area contributed by atoms with E-state index in [2.05, 4.69) is 10.5 Å². The summed E-state index contributed by atoms with van der Waals surface area (Å²) in [5.74, 6) is -0.837. The minimum absolute atomic E-state index is 0.0486. The highest BCUT2D eigenvalue weighted by atomic mass is 19.1. The number of halogens is 1. The van der Waals surface area contributed by atoms with Gasteiger partial charge in [0.25, 0.3) is 11.6 Å². The molecule has 1 amide bonds. The molecular formula is C16H14FN3O3. The lowest BCUT2D eigenvalue weighted by Gasteiger charge is -2.04. The fourth-order valence-electron chi connectivity index (χ4n) is 1.96. The number of carbonyl (C=O) groups excluding carboxylic acids is 1. The van der Waals surface area contributed by atoms with Gasteiger partial charge in [-0.15, -0.1) is 0 Å². The maximum absolute atomic E-state index is 12.9. The molecule has 0 saturated carbocycles. The van der Waals surface area contributed by atoms with Crippen LogP contribution in [-0.4, -0.2) is 16.5 Å². The van der Waals surface area contributed by atoms with Crippen molar-refractivity contribution in [3.63, 3.8) is 0 Å². The van der Waals surface area contributed by atoms with Crippen molar-refractivity contribution in [1.29, 1.82) is 0 Å². The quantitative estimate of drug-likeness (QED) is 0.534. The van der Waals surface area contributed by atoms with Crippen molar-refractivity contribution in [2.24, 2.45) is 5.10 Å². The molecule has 0 radical (unpaired) electrons. The monoisotopic (exact) mass is 315 g/mol. The van der Waals surface area contributed by atoms with E-state index in [-0.39, 0.29) is 17.1 Å². The largest absolute Gasteiger partial charge is 0.272 e. The van der Waals surface area contributed by atoms with Crippen LogP contribution >= 0.6 is 0 Å². The molecule has 6 nitrogen and oxygen atoms in total. The first-order valence-electron chi connectivity index (χ1n) is 6.74. The highest BCUT2D eigenvalue weighted by Crippen LogP contribution is 2.18. The zero-order valence-corrected chi connectivity index (χ0v) is 12.5. The minimum atomic E-state index is -0.506. The van der Waals surface area contributed by atoms with Crippen molar-refractivity contribution in [2.75, 3.05) is 0 Å². The molecule has 0 aliphatic heterocycles. The average Bonchev–Trinajstić information content (AvgIpc) is 2.52. The number of hydrazone groups is 1. The summed E-state index contributed by atoms with van der Waals surface area (Å²) >= 11 is 0. The maximum atomic E-state index is 12.9. The Labute approximate surface area is 131 Å². The Morgan fingerprint density at radius 2 is 1.78 bits per heavy atom. The molecule has 1 N–H and O–H groups in total. The van der Waals surface area contributed by atoms with Crippen molar-refractivity contribution < 1.29 is 14.1 Å². The summed E-state index contributed by atoms with van der Waals surface area (Å²) in [5.41, 5.74) is 4.17. The topological polar surface area (TPSA) is 84.6 Å². The number of benzene rings is 2. The smallest absolute Gasteiger partial charge is 0.267 e. The fourth-order valence-corrected chi connectivity index (χ4v) is 1.96. The summed E-state index contributed by atoms with van der Waals surface area (Å²) in [6, 6.07) is 9.78. The zero-order chi connectivity index (χ0) is 17.0. The van der Waals surface area contributed by atoms with Crippen LogP contribution in [0, 0.1) is 22.9 Å². The van der Waals surface area contributed by atoms with Gasteiger partial charge < -0.3 is 0 Å². The summed E-state index contributed by atoms with van der Waals surface area (Å²) in [6.45, 7) is 3.23. The molecule has 2 aromatic carbocycles. The van der Waals surface area contributed by atoms with Gasteiger partial charge in [0.1, 0.15) is 5.82 Å². The van der Waals surface area contributed by atoms with Crippen molar-refractivity contribution in [1.82, 2.24) is 5.43 Å². The van der Waals surface area contributed by atoms with E-state index in [0.29, 0.717) is 16.8 Å². The molecule has 0 unspecified atom stereocenters. The van der Waals surface area contributed by atoms with E-state index in [4.69, 9.17) is 0 Å². The van der Waals surface area contributed by atoms with E-state index >= 15 is 0 Å². The van der Waals surface area contributed by atoms with E-state index in [0.717, 1.165) is 0 Å². The van der Waals surface area contributed by atoms with Crippen LogP contribution in [0.2, 0.25) is 0 Å². The normalized spacial score (nSPS) is 11.2. The Kier molecular flexibility index (Phi) is 4.80. The molecule has 7 heteroatoms. The van der Waals surface area contributed by atoms with Gasteiger partial charge in [-0.1, -0.05) is 12.1 Å². The first-order chi connectivity index (χ1) is 10.9. The Morgan fingerprint density at radius 3 is 2.35 bits per heavy atom. The number of nitrogens with zero attached hydrogens (tertiary/aromatic N) is 2. The number of rotatable bonds is 4. The number of carbonyl (C=O) groups is 1. The molecule has 0 spiro atoms. The molecule has 0 aliphatic rings. The molecular weight excluding hydrogens is 301 g/mol. The molecule has 0 atom stereocenters.